The van der Waals surface area contributed by atoms with Crippen molar-refractivity contribution in [1.29, 1.82) is 0 Å². The van der Waals surface area contributed by atoms with E-state index in [1.165, 1.54) is 12.8 Å². The predicted octanol–water partition coefficient (Wildman–Crippen LogP) is 4.35. The summed E-state index contributed by atoms with van der Waals surface area (Å²) in [5.41, 5.74) is 2.75. The summed E-state index contributed by atoms with van der Waals surface area (Å²) in [6, 6.07) is 15.9. The van der Waals surface area contributed by atoms with Gasteiger partial charge < -0.3 is 19.4 Å². The molecule has 5 nitrogen and oxygen atoms in total. The first-order valence-electron chi connectivity index (χ1n) is 9.91. The number of carbonyl (C=O) groups excluding carboxylic acids is 1. The van der Waals surface area contributed by atoms with Gasteiger partial charge in [0.05, 0.1) is 7.11 Å². The van der Waals surface area contributed by atoms with E-state index in [-0.39, 0.29) is 24.4 Å². The summed E-state index contributed by atoms with van der Waals surface area (Å²) in [6.07, 6.45) is 2.35. The molecule has 1 N–H and O–H groups in total. The van der Waals surface area contributed by atoms with Crippen LogP contribution in [-0.4, -0.2) is 43.6 Å². The van der Waals surface area contributed by atoms with Gasteiger partial charge in [0.2, 0.25) is 0 Å². The van der Waals surface area contributed by atoms with E-state index >= 15 is 0 Å². The molecule has 3 aliphatic heterocycles. The number of hydrogen-bond donors (Lipinski definition) is 1. The number of methoxy groups -OCH3 is 1. The lowest BCUT2D eigenvalue weighted by Gasteiger charge is -2.44. The molecule has 3 fully saturated rings. The summed E-state index contributed by atoms with van der Waals surface area (Å²) in [5, 5.41) is 4.15. The molecule has 2 bridgehead atoms. The van der Waals surface area contributed by atoms with E-state index in [0.29, 0.717) is 11.7 Å². The van der Waals surface area contributed by atoms with Gasteiger partial charge in [-0.25, -0.2) is 0 Å². The van der Waals surface area contributed by atoms with E-state index in [1.54, 1.807) is 7.11 Å². The van der Waals surface area contributed by atoms with Crippen molar-refractivity contribution in [2.75, 3.05) is 26.7 Å². The average Bonchev–Trinajstić information content (AvgIpc) is 3.19. The van der Waals surface area contributed by atoms with E-state index in [9.17, 15) is 4.79 Å². The Morgan fingerprint density at radius 3 is 2.55 bits per heavy atom. The molecule has 0 saturated carbocycles. The Kier molecular flexibility index (Phi) is 5.52. The number of carbonyl (C=O) groups is 1. The van der Waals surface area contributed by atoms with Gasteiger partial charge in [0.1, 0.15) is 11.3 Å². The first kappa shape index (κ1) is 19.8. The van der Waals surface area contributed by atoms with Crippen LogP contribution in [0.4, 0.5) is 0 Å². The predicted molar refractivity (Wildman–Crippen MR) is 116 cm³/mol. The summed E-state index contributed by atoms with van der Waals surface area (Å²) < 4.78 is 11.3. The largest absolute Gasteiger partial charge is 0.497 e. The Morgan fingerprint density at radius 2 is 1.90 bits per heavy atom. The molecular formula is C23H25ClN2O3. The van der Waals surface area contributed by atoms with E-state index in [4.69, 9.17) is 9.15 Å². The van der Waals surface area contributed by atoms with Crippen molar-refractivity contribution in [3.8, 4) is 16.9 Å². The maximum atomic E-state index is 12.9. The third kappa shape index (κ3) is 3.72. The zero-order valence-corrected chi connectivity index (χ0v) is 17.2. The highest BCUT2D eigenvalue weighted by Gasteiger charge is 2.35. The molecule has 0 unspecified atom stereocenters. The van der Waals surface area contributed by atoms with E-state index in [1.807, 2.05) is 48.5 Å². The maximum absolute atomic E-state index is 12.9. The summed E-state index contributed by atoms with van der Waals surface area (Å²) in [4.78, 5) is 15.3. The van der Waals surface area contributed by atoms with Crippen LogP contribution >= 0.6 is 12.4 Å². The number of nitrogens with zero attached hydrogens (tertiary/aromatic N) is 1. The number of amides is 1. The summed E-state index contributed by atoms with van der Waals surface area (Å²) in [6.45, 7) is 3.27. The fourth-order valence-electron chi connectivity index (χ4n) is 4.54. The lowest BCUT2D eigenvalue weighted by atomic mass is 9.84. The molecule has 1 atom stereocenters. The minimum Gasteiger partial charge on any atom is -0.497 e. The van der Waals surface area contributed by atoms with E-state index < -0.39 is 0 Å². The smallest absolute Gasteiger partial charge is 0.287 e. The van der Waals surface area contributed by atoms with Gasteiger partial charge in [0.15, 0.2) is 5.76 Å². The van der Waals surface area contributed by atoms with Gasteiger partial charge in [0, 0.05) is 23.5 Å². The van der Waals surface area contributed by atoms with Crippen LogP contribution in [0.5, 0.6) is 5.75 Å². The second kappa shape index (κ2) is 8.09. The van der Waals surface area contributed by atoms with Crippen LogP contribution in [0.15, 0.2) is 52.9 Å². The highest BCUT2D eigenvalue weighted by Crippen LogP contribution is 2.32. The maximum Gasteiger partial charge on any atom is 0.287 e. The fourth-order valence-corrected chi connectivity index (χ4v) is 4.54. The molecule has 3 aliphatic rings. The summed E-state index contributed by atoms with van der Waals surface area (Å²) in [5.74, 6) is 1.67. The van der Waals surface area contributed by atoms with Crippen LogP contribution in [-0.2, 0) is 0 Å². The molecule has 2 aromatic carbocycles. The lowest BCUT2D eigenvalue weighted by Crippen LogP contribution is -2.57. The molecule has 29 heavy (non-hydrogen) atoms. The molecule has 152 valence electrons. The SMILES string of the molecule is COc1ccc(-c2cccc3cc(C(=O)N[C@@H]4CN5CCC4CC5)oc23)cc1.Cl. The number of rotatable bonds is 4. The fraction of sp³-hybridized carbons (Fsp3) is 0.348. The third-order valence-electron chi connectivity index (χ3n) is 6.14. The molecule has 6 heteroatoms. The molecule has 0 aliphatic carbocycles. The van der Waals surface area contributed by atoms with Crippen LogP contribution in [0.25, 0.3) is 22.1 Å². The average molecular weight is 413 g/mol. The van der Waals surface area contributed by atoms with Crippen LogP contribution in [0, 0.1) is 5.92 Å². The normalized spacial score (nSPS) is 22.9. The molecular weight excluding hydrogens is 388 g/mol. The van der Waals surface area contributed by atoms with Crippen molar-refractivity contribution < 1.29 is 13.9 Å². The van der Waals surface area contributed by atoms with E-state index in [0.717, 1.165) is 47.5 Å². The third-order valence-corrected chi connectivity index (χ3v) is 6.14. The van der Waals surface area contributed by atoms with Crippen LogP contribution < -0.4 is 10.1 Å². The van der Waals surface area contributed by atoms with Crippen molar-refractivity contribution in [3.05, 3.63) is 54.3 Å². The van der Waals surface area contributed by atoms with Crippen molar-refractivity contribution in [1.82, 2.24) is 10.2 Å². The zero-order chi connectivity index (χ0) is 19.1. The van der Waals surface area contributed by atoms with Gasteiger partial charge in [-0.1, -0.05) is 30.3 Å². The number of ether oxygens (including phenoxy) is 1. The Morgan fingerprint density at radius 1 is 1.14 bits per heavy atom. The van der Waals surface area contributed by atoms with Gasteiger partial charge in [-0.2, -0.15) is 0 Å². The molecule has 6 rings (SSSR count). The Labute approximate surface area is 176 Å². The second-order valence-electron chi connectivity index (χ2n) is 7.78. The number of nitrogens with one attached hydrogen (secondary N) is 1. The topological polar surface area (TPSA) is 54.7 Å². The first-order chi connectivity index (χ1) is 13.7. The minimum atomic E-state index is -0.115. The number of fused-ring (bicyclic) bond motifs is 4. The van der Waals surface area contributed by atoms with Gasteiger partial charge in [-0.15, -0.1) is 12.4 Å². The Hall–Kier alpha value is -2.50. The van der Waals surface area contributed by atoms with Crippen molar-refractivity contribution in [2.24, 2.45) is 5.92 Å². The first-order valence-corrected chi connectivity index (χ1v) is 9.91. The monoisotopic (exact) mass is 412 g/mol. The highest BCUT2D eigenvalue weighted by atomic mass is 35.5. The number of furan rings is 1. The van der Waals surface area contributed by atoms with Crippen LogP contribution in [0.3, 0.4) is 0 Å². The Bertz CT molecular complexity index is 1010. The Balaban J connectivity index is 0.00000205. The minimum absolute atomic E-state index is 0. The standard InChI is InChI=1S/C23H24N2O3.ClH/c1-27-18-7-5-15(6-8-18)19-4-2-3-17-13-21(28-22(17)19)23(26)24-20-14-25-11-9-16(20)10-12-25;/h2-8,13,16,20H,9-12,14H2,1H3,(H,24,26);1H/t20-;/m1./s1. The lowest BCUT2D eigenvalue weighted by molar-refractivity contribution is 0.0607. The summed E-state index contributed by atoms with van der Waals surface area (Å²) in [7, 11) is 1.66. The number of benzene rings is 2. The van der Waals surface area contributed by atoms with Gasteiger partial charge in [-0.05, 0) is 55.6 Å². The quantitative estimate of drug-likeness (QED) is 0.692. The number of para-hydroxylation sites is 1. The molecule has 1 amide bonds. The van der Waals surface area contributed by atoms with Crippen molar-refractivity contribution in [2.45, 2.75) is 18.9 Å². The molecule has 3 saturated heterocycles. The van der Waals surface area contributed by atoms with Crippen LogP contribution in [0.2, 0.25) is 0 Å². The zero-order valence-electron chi connectivity index (χ0n) is 16.4. The van der Waals surface area contributed by atoms with Gasteiger partial charge in [-0.3, -0.25) is 4.79 Å². The van der Waals surface area contributed by atoms with E-state index in [2.05, 4.69) is 10.2 Å². The molecule has 1 aromatic heterocycles. The summed E-state index contributed by atoms with van der Waals surface area (Å²) >= 11 is 0. The molecule has 0 spiro atoms. The van der Waals surface area contributed by atoms with Gasteiger partial charge in [0.25, 0.3) is 5.91 Å². The second-order valence-corrected chi connectivity index (χ2v) is 7.78. The molecule has 0 radical (unpaired) electrons. The number of piperidine rings is 3. The van der Waals surface area contributed by atoms with Crippen LogP contribution in [0.1, 0.15) is 23.4 Å². The number of hydrogen-bond acceptors (Lipinski definition) is 4. The number of halogens is 1. The van der Waals surface area contributed by atoms with Crippen molar-refractivity contribution >= 4 is 29.3 Å². The molecule has 3 aromatic rings. The van der Waals surface area contributed by atoms with Gasteiger partial charge >= 0.3 is 0 Å². The van der Waals surface area contributed by atoms with Crippen molar-refractivity contribution in [3.63, 3.8) is 0 Å². The molecule has 4 heterocycles. The highest BCUT2D eigenvalue weighted by molar-refractivity contribution is 6.00.